The molecule has 0 N–H and O–H groups in total. The van der Waals surface area contributed by atoms with Gasteiger partial charge in [0.2, 0.25) is 0 Å². The molecule has 2 nitrogen and oxygen atoms in total. The number of hydrogen-bond donors (Lipinski definition) is 0. The van der Waals surface area contributed by atoms with Gasteiger partial charge in [0.25, 0.3) is 0 Å². The molecule has 0 aromatic heterocycles. The number of rotatable bonds is 18. The molecule has 0 spiro atoms. The van der Waals surface area contributed by atoms with E-state index < -0.39 is 0 Å². The molecule has 2 heteroatoms. The fraction of sp³-hybridized carbons (Fsp3) is 0.917. The molecule has 0 radical (unpaired) electrons. The van der Waals surface area contributed by atoms with Crippen LogP contribution in [0.2, 0.25) is 0 Å². The van der Waals surface area contributed by atoms with E-state index in [1.165, 1.54) is 116 Å². The molecule has 0 saturated carbocycles. The average Bonchev–Trinajstić information content (AvgIpc) is 3.03. The van der Waals surface area contributed by atoms with Crippen LogP contribution in [0.15, 0.2) is 12.4 Å². The number of unbranched alkanes of at least 4 members (excludes halogenated alkanes) is 12. The topological polar surface area (TPSA) is 6.48 Å². The SMILES string of the molecule is CCCCCCCCCCCCN1C=CN(CCCCC)C1CCCC. The van der Waals surface area contributed by atoms with Crippen molar-refractivity contribution in [2.24, 2.45) is 0 Å². The van der Waals surface area contributed by atoms with Gasteiger partial charge >= 0.3 is 0 Å². The van der Waals surface area contributed by atoms with Gasteiger partial charge in [-0.2, -0.15) is 0 Å². The van der Waals surface area contributed by atoms with Crippen LogP contribution in [0.5, 0.6) is 0 Å². The third-order valence-electron chi connectivity index (χ3n) is 5.82. The lowest BCUT2D eigenvalue weighted by atomic mass is 10.1. The molecule has 0 saturated heterocycles. The highest BCUT2D eigenvalue weighted by Gasteiger charge is 2.24. The van der Waals surface area contributed by atoms with E-state index in [2.05, 4.69) is 43.0 Å². The van der Waals surface area contributed by atoms with Gasteiger partial charge in [-0.15, -0.1) is 0 Å². The lowest BCUT2D eigenvalue weighted by Crippen LogP contribution is -2.39. The molecule has 0 aromatic rings. The Balaban J connectivity index is 2.12. The lowest BCUT2D eigenvalue weighted by molar-refractivity contribution is 0.136. The third-order valence-corrected chi connectivity index (χ3v) is 5.82. The van der Waals surface area contributed by atoms with Crippen LogP contribution in [0.1, 0.15) is 124 Å². The van der Waals surface area contributed by atoms with Crippen LogP contribution in [0, 0.1) is 0 Å². The van der Waals surface area contributed by atoms with Gasteiger partial charge in [-0.25, -0.2) is 0 Å². The first kappa shape index (κ1) is 23.4. The molecular formula is C24H48N2. The summed E-state index contributed by atoms with van der Waals surface area (Å²) < 4.78 is 0. The van der Waals surface area contributed by atoms with Crippen molar-refractivity contribution in [2.45, 2.75) is 130 Å². The zero-order chi connectivity index (χ0) is 18.9. The van der Waals surface area contributed by atoms with Gasteiger partial charge in [-0.3, -0.25) is 0 Å². The van der Waals surface area contributed by atoms with E-state index in [4.69, 9.17) is 0 Å². The summed E-state index contributed by atoms with van der Waals surface area (Å²) in [5.41, 5.74) is 0. The second-order valence-electron chi connectivity index (χ2n) is 8.29. The predicted octanol–water partition coefficient (Wildman–Crippen LogP) is 7.70. The van der Waals surface area contributed by atoms with Crippen LogP contribution in [-0.4, -0.2) is 29.1 Å². The molecule has 0 amide bonds. The Bertz CT molecular complexity index is 326. The fourth-order valence-electron chi connectivity index (χ4n) is 4.05. The highest BCUT2D eigenvalue weighted by atomic mass is 15.4. The standard InChI is InChI=1S/C24H48N2/c1-4-7-10-11-12-13-14-15-16-18-21-26-23-22-25(20-17-8-5-2)24(26)19-9-6-3/h22-24H,4-21H2,1-3H3. The normalized spacial score (nSPS) is 16.8. The Labute approximate surface area is 165 Å². The highest BCUT2D eigenvalue weighted by Crippen LogP contribution is 2.22. The van der Waals surface area contributed by atoms with Crippen molar-refractivity contribution in [1.82, 2.24) is 9.80 Å². The van der Waals surface area contributed by atoms with Gasteiger partial charge in [-0.05, 0) is 25.7 Å². The molecule has 1 unspecified atom stereocenters. The molecule has 26 heavy (non-hydrogen) atoms. The summed E-state index contributed by atoms with van der Waals surface area (Å²) >= 11 is 0. The molecule has 0 bridgehead atoms. The minimum atomic E-state index is 0.644. The summed E-state index contributed by atoms with van der Waals surface area (Å²) in [5.74, 6) is 0. The van der Waals surface area contributed by atoms with Gasteiger partial charge in [0.15, 0.2) is 0 Å². The Kier molecular flexibility index (Phi) is 14.8. The van der Waals surface area contributed by atoms with Crippen LogP contribution in [0.3, 0.4) is 0 Å². The fourth-order valence-corrected chi connectivity index (χ4v) is 4.05. The van der Waals surface area contributed by atoms with E-state index in [0.29, 0.717) is 6.17 Å². The van der Waals surface area contributed by atoms with Crippen molar-refractivity contribution >= 4 is 0 Å². The molecular weight excluding hydrogens is 316 g/mol. The Morgan fingerprint density at radius 3 is 1.38 bits per heavy atom. The molecule has 1 rings (SSSR count). The molecule has 1 atom stereocenters. The Morgan fingerprint density at radius 1 is 0.500 bits per heavy atom. The van der Waals surface area contributed by atoms with Crippen LogP contribution in [0.4, 0.5) is 0 Å². The van der Waals surface area contributed by atoms with E-state index in [0.717, 1.165) is 0 Å². The number of nitrogens with zero attached hydrogens (tertiary/aromatic N) is 2. The third kappa shape index (κ3) is 10.5. The minimum Gasteiger partial charge on any atom is -0.356 e. The molecule has 1 heterocycles. The number of hydrogen-bond acceptors (Lipinski definition) is 2. The Hall–Kier alpha value is -0.660. The van der Waals surface area contributed by atoms with Crippen LogP contribution < -0.4 is 0 Å². The molecule has 154 valence electrons. The van der Waals surface area contributed by atoms with Crippen molar-refractivity contribution in [3.63, 3.8) is 0 Å². The minimum absolute atomic E-state index is 0.644. The van der Waals surface area contributed by atoms with Crippen molar-refractivity contribution in [3.8, 4) is 0 Å². The van der Waals surface area contributed by atoms with Crippen LogP contribution in [-0.2, 0) is 0 Å². The summed E-state index contributed by atoms with van der Waals surface area (Å²) in [7, 11) is 0. The smallest absolute Gasteiger partial charge is 0.101 e. The molecule has 0 fully saturated rings. The van der Waals surface area contributed by atoms with Gasteiger partial charge in [0, 0.05) is 25.5 Å². The zero-order valence-corrected chi connectivity index (χ0v) is 18.4. The second-order valence-corrected chi connectivity index (χ2v) is 8.29. The predicted molar refractivity (Wildman–Crippen MR) is 117 cm³/mol. The summed E-state index contributed by atoms with van der Waals surface area (Å²) in [6.07, 6.45) is 27.7. The largest absolute Gasteiger partial charge is 0.356 e. The maximum atomic E-state index is 2.63. The van der Waals surface area contributed by atoms with Crippen LogP contribution in [0.25, 0.3) is 0 Å². The monoisotopic (exact) mass is 364 g/mol. The summed E-state index contributed by atoms with van der Waals surface area (Å²) in [6.45, 7) is 9.41. The van der Waals surface area contributed by atoms with E-state index in [9.17, 15) is 0 Å². The van der Waals surface area contributed by atoms with E-state index >= 15 is 0 Å². The Morgan fingerprint density at radius 2 is 0.885 bits per heavy atom. The van der Waals surface area contributed by atoms with E-state index in [1.807, 2.05) is 0 Å². The summed E-state index contributed by atoms with van der Waals surface area (Å²) in [5, 5.41) is 0. The van der Waals surface area contributed by atoms with Crippen molar-refractivity contribution in [2.75, 3.05) is 13.1 Å². The molecule has 1 aliphatic heterocycles. The van der Waals surface area contributed by atoms with Crippen molar-refractivity contribution in [1.29, 1.82) is 0 Å². The van der Waals surface area contributed by atoms with Crippen molar-refractivity contribution < 1.29 is 0 Å². The molecule has 0 aliphatic carbocycles. The van der Waals surface area contributed by atoms with Gasteiger partial charge in [0.05, 0.1) is 0 Å². The summed E-state index contributed by atoms with van der Waals surface area (Å²) in [6, 6.07) is 0. The summed E-state index contributed by atoms with van der Waals surface area (Å²) in [4.78, 5) is 5.24. The van der Waals surface area contributed by atoms with Crippen LogP contribution >= 0.6 is 0 Å². The average molecular weight is 365 g/mol. The van der Waals surface area contributed by atoms with Gasteiger partial charge in [0.1, 0.15) is 6.17 Å². The highest BCUT2D eigenvalue weighted by molar-refractivity contribution is 4.96. The molecule has 0 aromatic carbocycles. The quantitative estimate of drug-likeness (QED) is 0.230. The second kappa shape index (κ2) is 16.5. The van der Waals surface area contributed by atoms with Gasteiger partial charge in [-0.1, -0.05) is 97.8 Å². The van der Waals surface area contributed by atoms with E-state index in [-0.39, 0.29) is 0 Å². The first-order valence-electron chi connectivity index (χ1n) is 12.0. The first-order valence-corrected chi connectivity index (χ1v) is 12.0. The van der Waals surface area contributed by atoms with E-state index in [1.54, 1.807) is 0 Å². The molecule has 1 aliphatic rings. The first-order chi connectivity index (χ1) is 12.8. The lowest BCUT2D eigenvalue weighted by Gasteiger charge is -2.33. The van der Waals surface area contributed by atoms with Crippen molar-refractivity contribution in [3.05, 3.63) is 12.4 Å². The maximum absolute atomic E-state index is 2.63. The zero-order valence-electron chi connectivity index (χ0n) is 18.4. The maximum Gasteiger partial charge on any atom is 0.101 e. The van der Waals surface area contributed by atoms with Gasteiger partial charge < -0.3 is 9.80 Å².